The van der Waals surface area contributed by atoms with Crippen molar-refractivity contribution in [3.8, 4) is 0 Å². The summed E-state index contributed by atoms with van der Waals surface area (Å²) in [5.74, 6) is 0.732. The van der Waals surface area contributed by atoms with Gasteiger partial charge in [-0.3, -0.25) is 0 Å². The molecule has 11 heavy (non-hydrogen) atoms. The smallest absolute Gasteiger partial charge is 0.0259 e. The minimum Gasteiger partial charge on any atom is -0.0914 e. The molecule has 0 aliphatic carbocycles. The molecule has 0 nitrogen and oxygen atoms in total. The van der Waals surface area contributed by atoms with Crippen LogP contribution in [0.2, 0.25) is 0 Å². The summed E-state index contributed by atoms with van der Waals surface area (Å²) in [6, 6.07) is 0. The molecule has 0 N–H and O–H groups in total. The molecular weight excluding hydrogens is 132 g/mol. The highest BCUT2D eigenvalue weighted by Crippen LogP contribution is 2.08. The molecule has 0 aliphatic rings. The van der Waals surface area contributed by atoms with Gasteiger partial charge in [0.05, 0.1) is 0 Å². The Balaban J connectivity index is 3.46. The van der Waals surface area contributed by atoms with Gasteiger partial charge in [0.15, 0.2) is 0 Å². The molecular formula is C11H20. The summed E-state index contributed by atoms with van der Waals surface area (Å²) in [5, 5.41) is 0. The fourth-order valence-electron chi connectivity index (χ4n) is 1.06. The van der Waals surface area contributed by atoms with Crippen molar-refractivity contribution < 1.29 is 0 Å². The second-order valence-electron chi connectivity index (χ2n) is 3.36. The zero-order valence-corrected chi connectivity index (χ0v) is 8.22. The van der Waals surface area contributed by atoms with Crippen molar-refractivity contribution in [2.24, 2.45) is 5.92 Å². The van der Waals surface area contributed by atoms with Gasteiger partial charge in [-0.2, -0.15) is 0 Å². The normalized spacial score (nSPS) is 13.5. The number of hydrogen-bond donors (Lipinski definition) is 0. The zero-order valence-electron chi connectivity index (χ0n) is 8.22. The van der Waals surface area contributed by atoms with Crippen LogP contribution in [0, 0.1) is 5.92 Å². The number of allylic oxidation sites excluding steroid dienone is 4. The summed E-state index contributed by atoms with van der Waals surface area (Å²) in [6.07, 6.45) is 9.19. The summed E-state index contributed by atoms with van der Waals surface area (Å²) >= 11 is 0. The summed E-state index contributed by atoms with van der Waals surface area (Å²) in [7, 11) is 0. The molecule has 0 aromatic carbocycles. The molecule has 1 atom stereocenters. The summed E-state index contributed by atoms with van der Waals surface area (Å²) in [5.41, 5.74) is 1.43. The molecule has 0 aromatic heterocycles. The van der Waals surface area contributed by atoms with E-state index in [1.165, 1.54) is 18.4 Å². The monoisotopic (exact) mass is 152 g/mol. The maximum Gasteiger partial charge on any atom is -0.0259 e. The summed E-state index contributed by atoms with van der Waals surface area (Å²) in [6.45, 7) is 8.65. The summed E-state index contributed by atoms with van der Waals surface area (Å²) < 4.78 is 0. The maximum atomic E-state index is 2.31. The topological polar surface area (TPSA) is 0 Å². The quantitative estimate of drug-likeness (QED) is 0.535. The first kappa shape index (κ1) is 10.5. The van der Waals surface area contributed by atoms with Crippen LogP contribution in [0.25, 0.3) is 0 Å². The lowest BCUT2D eigenvalue weighted by atomic mass is 10.0. The molecule has 0 bridgehead atoms. The van der Waals surface area contributed by atoms with Crippen molar-refractivity contribution in [2.75, 3.05) is 0 Å². The Kier molecular flexibility index (Phi) is 5.91. The largest absolute Gasteiger partial charge is 0.0914 e. The lowest BCUT2D eigenvalue weighted by Crippen LogP contribution is -1.87. The second kappa shape index (κ2) is 6.21. The lowest BCUT2D eigenvalue weighted by molar-refractivity contribution is 0.655. The maximum absolute atomic E-state index is 2.31. The molecule has 0 heterocycles. The minimum absolute atomic E-state index is 0.732. The van der Waals surface area contributed by atoms with Crippen LogP contribution in [0.1, 0.15) is 40.5 Å². The van der Waals surface area contributed by atoms with Gasteiger partial charge in [-0.25, -0.2) is 0 Å². The first-order valence-corrected chi connectivity index (χ1v) is 4.43. The Bertz CT molecular complexity index is 136. The van der Waals surface area contributed by atoms with Crippen LogP contribution in [0.5, 0.6) is 0 Å². The van der Waals surface area contributed by atoms with E-state index in [0.717, 1.165) is 5.92 Å². The van der Waals surface area contributed by atoms with Crippen molar-refractivity contribution in [1.29, 1.82) is 0 Å². The Hall–Kier alpha value is -0.520. The Morgan fingerprint density at radius 1 is 1.36 bits per heavy atom. The van der Waals surface area contributed by atoms with E-state index in [4.69, 9.17) is 0 Å². The third-order valence-electron chi connectivity index (χ3n) is 1.70. The van der Waals surface area contributed by atoms with Crippen LogP contribution in [0.4, 0.5) is 0 Å². The van der Waals surface area contributed by atoms with Gasteiger partial charge >= 0.3 is 0 Å². The van der Waals surface area contributed by atoms with Crippen LogP contribution in [0.15, 0.2) is 23.8 Å². The molecule has 0 saturated heterocycles. The van der Waals surface area contributed by atoms with Gasteiger partial charge in [0.25, 0.3) is 0 Å². The molecule has 0 aliphatic heterocycles. The van der Waals surface area contributed by atoms with Crippen LogP contribution in [-0.4, -0.2) is 0 Å². The van der Waals surface area contributed by atoms with Crippen molar-refractivity contribution in [3.63, 3.8) is 0 Å². The highest BCUT2D eigenvalue weighted by Gasteiger charge is 1.93. The fraction of sp³-hybridized carbons (Fsp3) is 0.636. The highest BCUT2D eigenvalue weighted by molar-refractivity contribution is 4.94. The van der Waals surface area contributed by atoms with E-state index >= 15 is 0 Å². The first-order valence-electron chi connectivity index (χ1n) is 4.43. The molecule has 0 heteroatoms. The van der Waals surface area contributed by atoms with Crippen LogP contribution < -0.4 is 0 Å². The number of rotatable bonds is 4. The number of hydrogen-bond acceptors (Lipinski definition) is 0. The third kappa shape index (κ3) is 7.38. The average Bonchev–Trinajstić information content (AvgIpc) is 1.87. The molecule has 0 spiro atoms. The zero-order chi connectivity index (χ0) is 8.69. The van der Waals surface area contributed by atoms with Crippen LogP contribution >= 0.6 is 0 Å². The third-order valence-corrected chi connectivity index (χ3v) is 1.70. The second-order valence-corrected chi connectivity index (χ2v) is 3.36. The fourth-order valence-corrected chi connectivity index (χ4v) is 1.06. The predicted octanol–water partition coefficient (Wildman–Crippen LogP) is 3.95. The van der Waals surface area contributed by atoms with E-state index in [-0.39, 0.29) is 0 Å². The van der Waals surface area contributed by atoms with E-state index < -0.39 is 0 Å². The van der Waals surface area contributed by atoms with Crippen molar-refractivity contribution >= 4 is 0 Å². The molecule has 0 unspecified atom stereocenters. The standard InChI is InChI=1S/C11H20/c1-5-7-11(4)9-6-8-10(2)3/h5,7-8,11H,6,9H2,1-4H3/b7-5-/t11-/m1/s1. The molecule has 64 valence electrons. The molecule has 0 aromatic rings. The lowest BCUT2D eigenvalue weighted by Gasteiger charge is -2.02. The Labute approximate surface area is 71.0 Å². The van der Waals surface area contributed by atoms with Crippen LogP contribution in [-0.2, 0) is 0 Å². The minimum atomic E-state index is 0.732. The van der Waals surface area contributed by atoms with Gasteiger partial charge in [-0.05, 0) is 39.5 Å². The SMILES string of the molecule is C/C=C\[C@@H](C)CCC=C(C)C. The van der Waals surface area contributed by atoms with E-state index in [1.807, 2.05) is 0 Å². The van der Waals surface area contributed by atoms with E-state index in [0.29, 0.717) is 0 Å². The molecule has 0 fully saturated rings. The average molecular weight is 152 g/mol. The van der Waals surface area contributed by atoms with Gasteiger partial charge in [-0.15, -0.1) is 0 Å². The predicted molar refractivity (Wildman–Crippen MR) is 52.6 cm³/mol. The van der Waals surface area contributed by atoms with Gasteiger partial charge in [0.2, 0.25) is 0 Å². The van der Waals surface area contributed by atoms with Gasteiger partial charge in [-0.1, -0.05) is 30.7 Å². The van der Waals surface area contributed by atoms with Crippen molar-refractivity contribution in [1.82, 2.24) is 0 Å². The summed E-state index contributed by atoms with van der Waals surface area (Å²) in [4.78, 5) is 0. The van der Waals surface area contributed by atoms with Crippen molar-refractivity contribution in [3.05, 3.63) is 23.8 Å². The van der Waals surface area contributed by atoms with E-state index in [9.17, 15) is 0 Å². The Morgan fingerprint density at radius 2 is 2.00 bits per heavy atom. The van der Waals surface area contributed by atoms with Crippen LogP contribution in [0.3, 0.4) is 0 Å². The highest BCUT2D eigenvalue weighted by atomic mass is 14.0. The molecule has 0 rings (SSSR count). The van der Waals surface area contributed by atoms with Gasteiger partial charge in [0, 0.05) is 0 Å². The Morgan fingerprint density at radius 3 is 2.45 bits per heavy atom. The molecule has 0 radical (unpaired) electrons. The van der Waals surface area contributed by atoms with Gasteiger partial charge < -0.3 is 0 Å². The first-order chi connectivity index (χ1) is 5.16. The van der Waals surface area contributed by atoms with Gasteiger partial charge in [0.1, 0.15) is 0 Å². The van der Waals surface area contributed by atoms with Crippen molar-refractivity contribution in [2.45, 2.75) is 40.5 Å². The van der Waals surface area contributed by atoms with E-state index in [1.54, 1.807) is 0 Å². The molecule has 0 saturated carbocycles. The molecule has 0 amide bonds. The van der Waals surface area contributed by atoms with E-state index in [2.05, 4.69) is 45.9 Å².